The zero-order valence-electron chi connectivity index (χ0n) is 13.3. The minimum atomic E-state index is -0.265. The monoisotopic (exact) mass is 328 g/mol. The van der Waals surface area contributed by atoms with Crippen molar-refractivity contribution in [1.82, 2.24) is 5.32 Å². The smallest absolute Gasteiger partial charge is 0.314 e. The van der Waals surface area contributed by atoms with Crippen LogP contribution >= 0.6 is 11.6 Å². The van der Waals surface area contributed by atoms with Gasteiger partial charge in [0.2, 0.25) is 0 Å². The van der Waals surface area contributed by atoms with E-state index in [1.807, 2.05) is 48.5 Å². The Hall–Kier alpha value is -2.26. The van der Waals surface area contributed by atoms with Crippen molar-refractivity contribution in [3.05, 3.63) is 70.9 Å². The Bertz CT molecular complexity index is 697. The number of hydrogen-bond acceptors (Lipinski definition) is 1. The predicted molar refractivity (Wildman–Crippen MR) is 97.8 cm³/mol. The molecule has 4 heteroatoms. The Morgan fingerprint density at radius 2 is 2.00 bits per heavy atom. The fourth-order valence-corrected chi connectivity index (χ4v) is 2.44. The van der Waals surface area contributed by atoms with Crippen molar-refractivity contribution in [3.63, 3.8) is 0 Å². The first kappa shape index (κ1) is 17.1. The Balaban J connectivity index is 1.98. The summed E-state index contributed by atoms with van der Waals surface area (Å²) in [6.45, 7) is 4.28. The molecule has 1 atom stereocenters. The molecule has 0 aromatic heterocycles. The van der Waals surface area contributed by atoms with Crippen LogP contribution in [-0.4, -0.2) is 6.03 Å². The highest BCUT2D eigenvalue weighted by Crippen LogP contribution is 2.26. The highest BCUT2D eigenvalue weighted by atomic mass is 35.5. The lowest BCUT2D eigenvalue weighted by Gasteiger charge is -2.15. The second-order valence-corrected chi connectivity index (χ2v) is 5.82. The summed E-state index contributed by atoms with van der Waals surface area (Å²) in [6, 6.07) is 15.0. The molecule has 3 nitrogen and oxygen atoms in total. The molecule has 0 spiro atoms. The predicted octanol–water partition coefficient (Wildman–Crippen LogP) is 5.65. The van der Waals surface area contributed by atoms with Gasteiger partial charge in [-0.25, -0.2) is 4.79 Å². The maximum Gasteiger partial charge on any atom is 0.323 e. The van der Waals surface area contributed by atoms with Crippen LogP contribution in [0.15, 0.2) is 54.7 Å². The molecule has 0 radical (unpaired) electrons. The van der Waals surface area contributed by atoms with Gasteiger partial charge in [-0.2, -0.15) is 0 Å². The molecule has 2 rings (SSSR count). The van der Waals surface area contributed by atoms with Crippen molar-refractivity contribution in [1.29, 1.82) is 0 Å². The molecule has 23 heavy (non-hydrogen) atoms. The fraction of sp³-hybridized carbons (Fsp3) is 0.211. The van der Waals surface area contributed by atoms with Crippen molar-refractivity contribution in [2.45, 2.75) is 26.2 Å². The number of anilines is 1. The average Bonchev–Trinajstić information content (AvgIpc) is 2.55. The summed E-state index contributed by atoms with van der Waals surface area (Å²) < 4.78 is 0. The minimum Gasteiger partial charge on any atom is -0.314 e. The van der Waals surface area contributed by atoms with Crippen molar-refractivity contribution in [2.75, 3.05) is 5.32 Å². The van der Waals surface area contributed by atoms with E-state index in [1.165, 1.54) is 0 Å². The summed E-state index contributed by atoms with van der Waals surface area (Å²) in [7, 11) is 0. The lowest BCUT2D eigenvalue weighted by Crippen LogP contribution is -2.24. The van der Waals surface area contributed by atoms with Crippen LogP contribution in [0.1, 0.15) is 37.3 Å². The SMILES string of the molecule is CCC(C)c1ccccc1NC(=O)N/C=C/c1cccc(Cl)c1. The molecular weight excluding hydrogens is 308 g/mol. The van der Waals surface area contributed by atoms with Gasteiger partial charge in [0.15, 0.2) is 0 Å². The van der Waals surface area contributed by atoms with Crippen LogP contribution in [0, 0.1) is 0 Å². The molecular formula is C19H21ClN2O. The van der Waals surface area contributed by atoms with Crippen LogP contribution in [0.4, 0.5) is 10.5 Å². The van der Waals surface area contributed by atoms with Crippen LogP contribution in [0.2, 0.25) is 5.02 Å². The van der Waals surface area contributed by atoms with Gasteiger partial charge in [0.1, 0.15) is 0 Å². The number of urea groups is 1. The standard InChI is InChI=1S/C19H21ClN2O/c1-3-14(2)17-9-4-5-10-18(17)22-19(23)21-12-11-15-7-6-8-16(20)13-15/h4-14H,3H2,1-2H3,(H2,21,22,23)/b12-11+. The highest BCUT2D eigenvalue weighted by molar-refractivity contribution is 6.30. The van der Waals surface area contributed by atoms with Gasteiger partial charge in [-0.1, -0.05) is 55.8 Å². The molecule has 2 aromatic carbocycles. The van der Waals surface area contributed by atoms with Gasteiger partial charge < -0.3 is 10.6 Å². The minimum absolute atomic E-state index is 0.265. The first-order valence-corrected chi connectivity index (χ1v) is 8.06. The van der Waals surface area contributed by atoms with E-state index < -0.39 is 0 Å². The molecule has 0 fully saturated rings. The number of hydrogen-bond donors (Lipinski definition) is 2. The second kappa shape index (κ2) is 8.39. The van der Waals surface area contributed by atoms with E-state index in [9.17, 15) is 4.79 Å². The molecule has 0 heterocycles. The number of benzene rings is 2. The van der Waals surface area contributed by atoms with Crippen LogP contribution in [-0.2, 0) is 0 Å². The van der Waals surface area contributed by atoms with E-state index >= 15 is 0 Å². The van der Waals surface area contributed by atoms with E-state index in [1.54, 1.807) is 12.3 Å². The summed E-state index contributed by atoms with van der Waals surface area (Å²) in [5.41, 5.74) is 2.91. The summed E-state index contributed by atoms with van der Waals surface area (Å²) in [4.78, 5) is 12.0. The van der Waals surface area contributed by atoms with Crippen LogP contribution in [0.3, 0.4) is 0 Å². The van der Waals surface area contributed by atoms with Crippen molar-refractivity contribution < 1.29 is 4.79 Å². The molecule has 0 aliphatic heterocycles. The fourth-order valence-electron chi connectivity index (χ4n) is 2.24. The Kier molecular flexibility index (Phi) is 6.24. The average molecular weight is 329 g/mol. The number of carbonyl (C=O) groups excluding carboxylic acids is 1. The zero-order chi connectivity index (χ0) is 16.7. The van der Waals surface area contributed by atoms with E-state index in [2.05, 4.69) is 24.5 Å². The molecule has 0 aliphatic rings. The molecule has 0 saturated carbocycles. The Morgan fingerprint density at radius 3 is 2.74 bits per heavy atom. The van der Waals surface area contributed by atoms with Gasteiger partial charge in [0.05, 0.1) is 0 Å². The first-order chi connectivity index (χ1) is 11.1. The van der Waals surface area contributed by atoms with Gasteiger partial charge in [0, 0.05) is 16.9 Å². The number of carbonyl (C=O) groups is 1. The zero-order valence-corrected chi connectivity index (χ0v) is 14.1. The van der Waals surface area contributed by atoms with Gasteiger partial charge in [-0.05, 0) is 47.7 Å². The van der Waals surface area contributed by atoms with E-state index in [0.717, 1.165) is 23.2 Å². The molecule has 0 bridgehead atoms. The van der Waals surface area contributed by atoms with Crippen LogP contribution in [0.5, 0.6) is 0 Å². The Labute approximate surface area is 142 Å². The van der Waals surface area contributed by atoms with Gasteiger partial charge >= 0.3 is 6.03 Å². The van der Waals surface area contributed by atoms with E-state index in [4.69, 9.17) is 11.6 Å². The maximum absolute atomic E-state index is 12.0. The van der Waals surface area contributed by atoms with E-state index in [0.29, 0.717) is 10.9 Å². The molecule has 120 valence electrons. The van der Waals surface area contributed by atoms with Crippen molar-refractivity contribution in [3.8, 4) is 0 Å². The number of para-hydroxylation sites is 1. The van der Waals surface area contributed by atoms with Crippen molar-refractivity contribution in [2.24, 2.45) is 0 Å². The van der Waals surface area contributed by atoms with Crippen LogP contribution < -0.4 is 10.6 Å². The normalized spacial score (nSPS) is 12.1. The Morgan fingerprint density at radius 1 is 1.22 bits per heavy atom. The summed E-state index contributed by atoms with van der Waals surface area (Å²) >= 11 is 5.92. The molecule has 0 saturated heterocycles. The van der Waals surface area contributed by atoms with Crippen molar-refractivity contribution >= 4 is 29.4 Å². The summed E-state index contributed by atoms with van der Waals surface area (Å²) in [5, 5.41) is 6.27. The first-order valence-electron chi connectivity index (χ1n) is 7.68. The summed E-state index contributed by atoms with van der Waals surface area (Å²) in [6.07, 6.45) is 4.42. The highest BCUT2D eigenvalue weighted by Gasteiger charge is 2.10. The number of nitrogens with one attached hydrogen (secondary N) is 2. The molecule has 0 aliphatic carbocycles. The molecule has 2 aromatic rings. The lowest BCUT2D eigenvalue weighted by atomic mass is 9.97. The second-order valence-electron chi connectivity index (χ2n) is 5.38. The number of amides is 2. The van der Waals surface area contributed by atoms with E-state index in [-0.39, 0.29) is 6.03 Å². The third kappa shape index (κ3) is 5.15. The summed E-state index contributed by atoms with van der Waals surface area (Å²) in [5.74, 6) is 0.397. The van der Waals surface area contributed by atoms with Gasteiger partial charge in [0.25, 0.3) is 0 Å². The largest absolute Gasteiger partial charge is 0.323 e. The molecule has 1 unspecified atom stereocenters. The van der Waals surface area contributed by atoms with Gasteiger partial charge in [-0.15, -0.1) is 0 Å². The van der Waals surface area contributed by atoms with Gasteiger partial charge in [-0.3, -0.25) is 0 Å². The topological polar surface area (TPSA) is 41.1 Å². The molecule has 2 N–H and O–H groups in total. The number of halogens is 1. The third-order valence-corrected chi connectivity index (χ3v) is 3.93. The quantitative estimate of drug-likeness (QED) is 0.732. The lowest BCUT2D eigenvalue weighted by molar-refractivity contribution is 0.255. The third-order valence-electron chi connectivity index (χ3n) is 3.69. The molecule has 2 amide bonds. The van der Waals surface area contributed by atoms with Crippen LogP contribution in [0.25, 0.3) is 6.08 Å². The maximum atomic E-state index is 12.0. The number of rotatable bonds is 5.